The number of amides is 5. The molecule has 0 saturated carbocycles. The zero-order valence-electron chi connectivity index (χ0n) is 17.5. The minimum Gasteiger partial charge on any atom is -0.323 e. The Morgan fingerprint density at radius 3 is 2.61 bits per heavy atom. The molecular formula is C23H24N4O4. The summed E-state index contributed by atoms with van der Waals surface area (Å²) in [5, 5.41) is 5.17. The lowest BCUT2D eigenvalue weighted by Gasteiger charge is -2.29. The third-order valence-electron chi connectivity index (χ3n) is 5.74. The van der Waals surface area contributed by atoms with Crippen LogP contribution < -0.4 is 10.6 Å². The number of carbonyl (C=O) groups is 4. The van der Waals surface area contributed by atoms with Crippen LogP contribution in [0.1, 0.15) is 39.9 Å². The van der Waals surface area contributed by atoms with Crippen molar-refractivity contribution in [1.82, 2.24) is 15.1 Å². The van der Waals surface area contributed by atoms with E-state index in [4.69, 9.17) is 0 Å². The molecule has 4 rings (SSSR count). The van der Waals surface area contributed by atoms with Crippen LogP contribution in [-0.4, -0.2) is 46.6 Å². The molecule has 2 aromatic rings. The van der Waals surface area contributed by atoms with E-state index < -0.39 is 11.9 Å². The van der Waals surface area contributed by atoms with Gasteiger partial charge in [-0.1, -0.05) is 29.8 Å². The van der Waals surface area contributed by atoms with E-state index in [-0.39, 0.29) is 30.8 Å². The van der Waals surface area contributed by atoms with Crippen molar-refractivity contribution in [3.63, 3.8) is 0 Å². The van der Waals surface area contributed by atoms with Gasteiger partial charge < -0.3 is 15.1 Å². The minimum absolute atomic E-state index is 0.214. The number of fused-ring (bicyclic) bond motifs is 1. The Hall–Kier alpha value is -3.68. The number of hydrogen-bond donors (Lipinski definition) is 2. The van der Waals surface area contributed by atoms with Crippen LogP contribution >= 0.6 is 0 Å². The van der Waals surface area contributed by atoms with E-state index in [0.717, 1.165) is 16.7 Å². The van der Waals surface area contributed by atoms with Crippen molar-refractivity contribution in [2.24, 2.45) is 0 Å². The van der Waals surface area contributed by atoms with Crippen LogP contribution in [0.3, 0.4) is 0 Å². The topological polar surface area (TPSA) is 98.8 Å². The Bertz CT molecular complexity index is 1060. The second-order valence-electron chi connectivity index (χ2n) is 8.00. The highest BCUT2D eigenvalue weighted by Crippen LogP contribution is 2.30. The number of rotatable bonds is 4. The lowest BCUT2D eigenvalue weighted by molar-refractivity contribution is -0.136. The molecule has 2 aliphatic rings. The van der Waals surface area contributed by atoms with Gasteiger partial charge in [-0.15, -0.1) is 0 Å². The summed E-state index contributed by atoms with van der Waals surface area (Å²) >= 11 is 0. The molecule has 2 aliphatic heterocycles. The molecule has 2 aromatic carbocycles. The largest absolute Gasteiger partial charge is 0.323 e. The number of carbonyl (C=O) groups excluding carboxylic acids is 4. The summed E-state index contributed by atoms with van der Waals surface area (Å²) in [6.45, 7) is 2.58. The number of nitrogens with zero attached hydrogens (tertiary/aromatic N) is 2. The van der Waals surface area contributed by atoms with Gasteiger partial charge in [0.2, 0.25) is 11.8 Å². The SMILES string of the molecule is Cc1ccc(NC(=O)N(C)Cc2cccc3c2CN(C2CCC(=O)NC2=O)C3=O)cc1. The zero-order chi connectivity index (χ0) is 22.1. The van der Waals surface area contributed by atoms with Gasteiger partial charge in [-0.2, -0.15) is 0 Å². The highest BCUT2D eigenvalue weighted by Gasteiger charge is 2.39. The van der Waals surface area contributed by atoms with E-state index in [1.165, 1.54) is 4.90 Å². The van der Waals surface area contributed by atoms with Gasteiger partial charge in [0.25, 0.3) is 5.91 Å². The molecule has 2 heterocycles. The van der Waals surface area contributed by atoms with Gasteiger partial charge in [0.1, 0.15) is 6.04 Å². The number of piperidine rings is 1. The summed E-state index contributed by atoms with van der Waals surface area (Å²) in [6, 6.07) is 12.0. The van der Waals surface area contributed by atoms with E-state index in [9.17, 15) is 19.2 Å². The molecule has 31 heavy (non-hydrogen) atoms. The monoisotopic (exact) mass is 420 g/mol. The number of imide groups is 1. The molecule has 0 spiro atoms. The van der Waals surface area contributed by atoms with Crippen LogP contribution in [0.5, 0.6) is 0 Å². The van der Waals surface area contributed by atoms with Gasteiger partial charge in [0.05, 0.1) is 0 Å². The first-order chi connectivity index (χ1) is 14.8. The quantitative estimate of drug-likeness (QED) is 0.742. The maximum absolute atomic E-state index is 12.9. The molecule has 8 nitrogen and oxygen atoms in total. The molecule has 1 saturated heterocycles. The van der Waals surface area contributed by atoms with Crippen molar-refractivity contribution in [3.8, 4) is 0 Å². The molecule has 8 heteroatoms. The van der Waals surface area contributed by atoms with Crippen molar-refractivity contribution in [2.75, 3.05) is 12.4 Å². The molecule has 1 atom stereocenters. The Labute approximate surface area is 180 Å². The summed E-state index contributed by atoms with van der Waals surface area (Å²) in [5.74, 6) is -0.973. The van der Waals surface area contributed by atoms with Crippen molar-refractivity contribution in [2.45, 2.75) is 38.9 Å². The highest BCUT2D eigenvalue weighted by atomic mass is 16.2. The molecular weight excluding hydrogens is 396 g/mol. The maximum Gasteiger partial charge on any atom is 0.321 e. The van der Waals surface area contributed by atoms with Gasteiger partial charge >= 0.3 is 6.03 Å². The van der Waals surface area contributed by atoms with Crippen LogP contribution in [0.15, 0.2) is 42.5 Å². The molecule has 1 unspecified atom stereocenters. The lowest BCUT2D eigenvalue weighted by Crippen LogP contribution is -2.52. The van der Waals surface area contributed by atoms with Crippen molar-refractivity contribution in [3.05, 3.63) is 64.7 Å². The Morgan fingerprint density at radius 2 is 1.90 bits per heavy atom. The van der Waals surface area contributed by atoms with Gasteiger partial charge in [-0.25, -0.2) is 4.79 Å². The smallest absolute Gasteiger partial charge is 0.321 e. The first-order valence-corrected chi connectivity index (χ1v) is 10.2. The molecule has 0 bridgehead atoms. The fraction of sp³-hybridized carbons (Fsp3) is 0.304. The summed E-state index contributed by atoms with van der Waals surface area (Å²) in [6.07, 6.45) is 0.532. The normalized spacial score (nSPS) is 17.9. The first kappa shape index (κ1) is 20.6. The number of aryl methyl sites for hydroxylation is 1. The minimum atomic E-state index is -0.659. The average molecular weight is 420 g/mol. The maximum atomic E-state index is 12.9. The molecule has 1 fully saturated rings. The molecule has 2 N–H and O–H groups in total. The van der Waals surface area contributed by atoms with Gasteiger partial charge in [-0.05, 0) is 42.7 Å². The number of urea groups is 1. The molecule has 0 radical (unpaired) electrons. The van der Waals surface area contributed by atoms with Gasteiger partial charge in [0.15, 0.2) is 0 Å². The van der Waals surface area contributed by atoms with Gasteiger partial charge in [0, 0.05) is 37.8 Å². The van der Waals surface area contributed by atoms with E-state index in [1.54, 1.807) is 24.1 Å². The first-order valence-electron chi connectivity index (χ1n) is 10.2. The number of hydrogen-bond acceptors (Lipinski definition) is 4. The number of benzene rings is 2. The van der Waals surface area contributed by atoms with Crippen molar-refractivity contribution in [1.29, 1.82) is 0 Å². The molecule has 0 aliphatic carbocycles. The zero-order valence-corrected chi connectivity index (χ0v) is 17.5. The van der Waals surface area contributed by atoms with Crippen LogP contribution in [0.4, 0.5) is 10.5 Å². The van der Waals surface area contributed by atoms with Crippen LogP contribution in [0, 0.1) is 6.92 Å². The van der Waals surface area contributed by atoms with Crippen molar-refractivity contribution < 1.29 is 19.2 Å². The van der Waals surface area contributed by atoms with E-state index in [1.807, 2.05) is 37.3 Å². The fourth-order valence-electron chi connectivity index (χ4n) is 3.98. The third kappa shape index (κ3) is 4.14. The highest BCUT2D eigenvalue weighted by molar-refractivity contribution is 6.05. The molecule has 0 aromatic heterocycles. The van der Waals surface area contributed by atoms with Gasteiger partial charge in [-0.3, -0.25) is 19.7 Å². The predicted molar refractivity (Wildman–Crippen MR) is 114 cm³/mol. The predicted octanol–water partition coefficient (Wildman–Crippen LogP) is 2.42. The van der Waals surface area contributed by atoms with E-state index in [0.29, 0.717) is 24.2 Å². The summed E-state index contributed by atoms with van der Waals surface area (Å²) in [5.41, 5.74) is 4.01. The second kappa shape index (κ2) is 8.22. The lowest BCUT2D eigenvalue weighted by atomic mass is 10.0. The molecule has 5 amide bonds. The van der Waals surface area contributed by atoms with Crippen molar-refractivity contribution >= 4 is 29.4 Å². The molecule has 160 valence electrons. The number of anilines is 1. The Kier molecular flexibility index (Phi) is 5.46. The van der Waals surface area contributed by atoms with E-state index in [2.05, 4.69) is 10.6 Å². The van der Waals surface area contributed by atoms with Crippen LogP contribution in [-0.2, 0) is 22.7 Å². The standard InChI is InChI=1S/C23H24N4O4/c1-14-6-8-16(9-7-14)24-23(31)26(2)12-15-4-3-5-17-18(15)13-27(22(17)30)19-10-11-20(28)25-21(19)29/h3-9,19H,10-13H2,1-2H3,(H,24,31)(H,25,28,29). The Balaban J connectivity index is 1.48. The summed E-state index contributed by atoms with van der Waals surface area (Å²) in [7, 11) is 1.69. The number of nitrogens with one attached hydrogen (secondary N) is 2. The third-order valence-corrected chi connectivity index (χ3v) is 5.74. The van der Waals surface area contributed by atoms with E-state index >= 15 is 0 Å². The summed E-state index contributed by atoms with van der Waals surface area (Å²) in [4.78, 5) is 52.3. The summed E-state index contributed by atoms with van der Waals surface area (Å²) < 4.78 is 0. The van der Waals surface area contributed by atoms with Crippen LogP contribution in [0.2, 0.25) is 0 Å². The fourth-order valence-corrected chi connectivity index (χ4v) is 3.98. The van der Waals surface area contributed by atoms with Crippen LogP contribution in [0.25, 0.3) is 0 Å². The Morgan fingerprint density at radius 1 is 1.16 bits per heavy atom. The average Bonchev–Trinajstić information content (AvgIpc) is 3.07. The second-order valence-corrected chi connectivity index (χ2v) is 8.00.